The van der Waals surface area contributed by atoms with Gasteiger partial charge in [0.25, 0.3) is 0 Å². The van der Waals surface area contributed by atoms with Gasteiger partial charge in [-0.3, -0.25) is 4.79 Å². The largest absolute Gasteiger partial charge is 0.357 e. The molecule has 1 amide bonds. The van der Waals surface area contributed by atoms with Gasteiger partial charge in [-0.2, -0.15) is 0 Å². The first kappa shape index (κ1) is 11.5. The normalized spacial score (nSPS) is 24.6. The van der Waals surface area contributed by atoms with Crippen molar-refractivity contribution in [2.45, 2.75) is 51.1 Å². The van der Waals surface area contributed by atoms with E-state index in [4.69, 9.17) is 0 Å². The van der Waals surface area contributed by atoms with E-state index in [1.165, 1.54) is 19.3 Å². The van der Waals surface area contributed by atoms with Crippen LogP contribution in [0.4, 0.5) is 11.5 Å². The van der Waals surface area contributed by atoms with Gasteiger partial charge in [-0.05, 0) is 31.9 Å². The molecule has 1 fully saturated rings. The lowest BCUT2D eigenvalue weighted by Gasteiger charge is -2.40. The second kappa shape index (κ2) is 4.59. The highest BCUT2D eigenvalue weighted by Gasteiger charge is 2.35. The number of pyridine rings is 1. The highest BCUT2D eigenvalue weighted by atomic mass is 16.2. The molecule has 3 rings (SSSR count). The number of carbonyl (C=O) groups is 1. The molecule has 1 saturated carbocycles. The Balaban J connectivity index is 1.97. The van der Waals surface area contributed by atoms with Crippen molar-refractivity contribution in [2.75, 3.05) is 10.2 Å². The van der Waals surface area contributed by atoms with Crippen molar-refractivity contribution in [1.82, 2.24) is 4.98 Å². The van der Waals surface area contributed by atoms with Crippen molar-refractivity contribution < 1.29 is 4.79 Å². The summed E-state index contributed by atoms with van der Waals surface area (Å²) in [4.78, 5) is 18.8. The number of nitrogens with zero attached hydrogens (tertiary/aromatic N) is 2. The zero-order valence-corrected chi connectivity index (χ0v) is 10.7. The number of aromatic nitrogens is 1. The van der Waals surface area contributed by atoms with E-state index < -0.39 is 0 Å². The van der Waals surface area contributed by atoms with Gasteiger partial charge in [0.1, 0.15) is 6.04 Å². The van der Waals surface area contributed by atoms with E-state index in [0.717, 1.165) is 24.3 Å². The van der Waals surface area contributed by atoms with Gasteiger partial charge < -0.3 is 10.2 Å². The maximum atomic E-state index is 12.4. The maximum Gasteiger partial charge on any atom is 0.249 e. The first-order valence-electron chi connectivity index (χ1n) is 6.82. The number of rotatable bonds is 1. The molecule has 4 nitrogen and oxygen atoms in total. The van der Waals surface area contributed by atoms with Gasteiger partial charge in [-0.25, -0.2) is 4.98 Å². The Morgan fingerprint density at radius 1 is 1.33 bits per heavy atom. The van der Waals surface area contributed by atoms with Crippen LogP contribution in [-0.4, -0.2) is 23.0 Å². The molecule has 1 N–H and O–H groups in total. The predicted molar refractivity (Wildman–Crippen MR) is 71.7 cm³/mol. The van der Waals surface area contributed by atoms with Gasteiger partial charge in [0, 0.05) is 12.2 Å². The van der Waals surface area contributed by atoms with Crippen molar-refractivity contribution in [3.63, 3.8) is 0 Å². The second-order valence-electron chi connectivity index (χ2n) is 5.24. The summed E-state index contributed by atoms with van der Waals surface area (Å²) < 4.78 is 0. The zero-order valence-electron chi connectivity index (χ0n) is 10.7. The number of carbonyl (C=O) groups excluding carboxylic acids is 1. The topological polar surface area (TPSA) is 45.2 Å². The minimum Gasteiger partial charge on any atom is -0.357 e. The van der Waals surface area contributed by atoms with Crippen LogP contribution in [-0.2, 0) is 4.79 Å². The van der Waals surface area contributed by atoms with Gasteiger partial charge in [0.2, 0.25) is 5.91 Å². The van der Waals surface area contributed by atoms with E-state index in [-0.39, 0.29) is 11.9 Å². The van der Waals surface area contributed by atoms with Crippen molar-refractivity contribution in [3.8, 4) is 0 Å². The van der Waals surface area contributed by atoms with Gasteiger partial charge in [0.05, 0.1) is 5.69 Å². The molecule has 96 valence electrons. The fraction of sp³-hybridized carbons (Fsp3) is 0.571. The van der Waals surface area contributed by atoms with Crippen LogP contribution in [0.5, 0.6) is 0 Å². The van der Waals surface area contributed by atoms with Gasteiger partial charge in [0.15, 0.2) is 5.82 Å². The SMILES string of the molecule is CC1Nc2ncccc2N(C2CCCCC2)C1=O. The Labute approximate surface area is 107 Å². The summed E-state index contributed by atoms with van der Waals surface area (Å²) in [6.45, 7) is 1.91. The molecule has 0 spiro atoms. The van der Waals surface area contributed by atoms with Gasteiger partial charge >= 0.3 is 0 Å². The first-order chi connectivity index (χ1) is 8.77. The number of fused-ring (bicyclic) bond motifs is 1. The van der Waals surface area contributed by atoms with Crippen LogP contribution in [0, 0.1) is 0 Å². The third kappa shape index (κ3) is 1.85. The van der Waals surface area contributed by atoms with Crippen LogP contribution in [0.25, 0.3) is 0 Å². The monoisotopic (exact) mass is 245 g/mol. The van der Waals surface area contributed by atoms with E-state index >= 15 is 0 Å². The Morgan fingerprint density at radius 2 is 2.11 bits per heavy atom. The quantitative estimate of drug-likeness (QED) is 0.827. The number of hydrogen-bond donors (Lipinski definition) is 1. The van der Waals surface area contributed by atoms with Gasteiger partial charge in [-0.15, -0.1) is 0 Å². The molecule has 1 aliphatic heterocycles. The van der Waals surface area contributed by atoms with Crippen LogP contribution < -0.4 is 10.2 Å². The predicted octanol–water partition coefficient (Wildman–Crippen LogP) is 2.56. The molecule has 1 atom stereocenters. The molecule has 0 saturated heterocycles. The smallest absolute Gasteiger partial charge is 0.249 e. The molecule has 1 aromatic heterocycles. The second-order valence-corrected chi connectivity index (χ2v) is 5.24. The number of anilines is 2. The average molecular weight is 245 g/mol. The van der Waals surface area contributed by atoms with Crippen LogP contribution in [0.3, 0.4) is 0 Å². The average Bonchev–Trinajstić information content (AvgIpc) is 2.41. The molecule has 1 aromatic rings. The number of amides is 1. The Hall–Kier alpha value is -1.58. The lowest BCUT2D eigenvalue weighted by atomic mass is 9.93. The minimum absolute atomic E-state index is 0.172. The zero-order chi connectivity index (χ0) is 12.5. The third-order valence-corrected chi connectivity index (χ3v) is 3.95. The van der Waals surface area contributed by atoms with Crippen molar-refractivity contribution in [3.05, 3.63) is 18.3 Å². The molecule has 1 unspecified atom stereocenters. The fourth-order valence-electron chi connectivity index (χ4n) is 3.01. The van der Waals surface area contributed by atoms with Crippen molar-refractivity contribution in [1.29, 1.82) is 0 Å². The van der Waals surface area contributed by atoms with Gasteiger partial charge in [-0.1, -0.05) is 19.3 Å². The van der Waals surface area contributed by atoms with Crippen LogP contribution >= 0.6 is 0 Å². The van der Waals surface area contributed by atoms with E-state index in [2.05, 4.69) is 10.3 Å². The Bertz CT molecular complexity index is 454. The van der Waals surface area contributed by atoms with Crippen molar-refractivity contribution >= 4 is 17.4 Å². The molecule has 18 heavy (non-hydrogen) atoms. The fourth-order valence-corrected chi connectivity index (χ4v) is 3.01. The summed E-state index contributed by atoms with van der Waals surface area (Å²) in [5.74, 6) is 1.03. The summed E-state index contributed by atoms with van der Waals surface area (Å²) in [5.41, 5.74) is 0.951. The van der Waals surface area contributed by atoms with E-state index in [1.807, 2.05) is 24.0 Å². The first-order valence-corrected chi connectivity index (χ1v) is 6.82. The molecular weight excluding hydrogens is 226 g/mol. The molecule has 2 heterocycles. The van der Waals surface area contributed by atoms with Crippen LogP contribution in [0.15, 0.2) is 18.3 Å². The summed E-state index contributed by atoms with van der Waals surface area (Å²) >= 11 is 0. The molecule has 1 aliphatic carbocycles. The Morgan fingerprint density at radius 3 is 2.89 bits per heavy atom. The Kier molecular flexibility index (Phi) is 2.94. The van der Waals surface area contributed by atoms with Crippen molar-refractivity contribution in [2.24, 2.45) is 0 Å². The lowest BCUT2D eigenvalue weighted by molar-refractivity contribution is -0.119. The maximum absolute atomic E-state index is 12.4. The summed E-state index contributed by atoms with van der Waals surface area (Å²) in [6, 6.07) is 4.08. The summed E-state index contributed by atoms with van der Waals surface area (Å²) in [7, 11) is 0. The minimum atomic E-state index is -0.172. The van der Waals surface area contributed by atoms with E-state index in [0.29, 0.717) is 6.04 Å². The van der Waals surface area contributed by atoms with Crippen LogP contribution in [0.1, 0.15) is 39.0 Å². The number of hydrogen-bond acceptors (Lipinski definition) is 3. The lowest BCUT2D eigenvalue weighted by Crippen LogP contribution is -2.51. The summed E-state index contributed by atoms with van der Waals surface area (Å²) in [5, 5.41) is 3.18. The molecule has 0 radical (unpaired) electrons. The molecule has 0 aromatic carbocycles. The number of nitrogens with one attached hydrogen (secondary N) is 1. The highest BCUT2D eigenvalue weighted by Crippen LogP contribution is 2.34. The van der Waals surface area contributed by atoms with E-state index in [1.54, 1.807) is 6.20 Å². The third-order valence-electron chi connectivity index (χ3n) is 3.95. The standard InChI is InChI=1S/C14H19N3O/c1-10-14(18)17(11-6-3-2-4-7-11)12-8-5-9-15-13(12)16-10/h5,8-11H,2-4,6-7H2,1H3,(H,15,16). The van der Waals surface area contributed by atoms with E-state index in [9.17, 15) is 4.79 Å². The van der Waals surface area contributed by atoms with Crippen LogP contribution in [0.2, 0.25) is 0 Å². The molecule has 0 bridgehead atoms. The highest BCUT2D eigenvalue weighted by molar-refractivity contribution is 6.04. The summed E-state index contributed by atoms with van der Waals surface area (Å²) in [6.07, 6.45) is 7.76. The molecule has 4 heteroatoms. The molecular formula is C14H19N3O. The molecule has 2 aliphatic rings.